The molecule has 0 aliphatic carbocycles. The lowest BCUT2D eigenvalue weighted by atomic mass is 10.0. The van der Waals surface area contributed by atoms with Crippen LogP contribution in [0.1, 0.15) is 34.0 Å². The first-order valence-electron chi connectivity index (χ1n) is 8.96. The van der Waals surface area contributed by atoms with E-state index < -0.39 is 0 Å². The molecule has 1 N–H and O–H groups in total. The van der Waals surface area contributed by atoms with Gasteiger partial charge in [0.15, 0.2) is 0 Å². The molecule has 0 amide bonds. The summed E-state index contributed by atoms with van der Waals surface area (Å²) in [5.41, 5.74) is 6.33. The Kier molecular flexibility index (Phi) is 4.38. The second-order valence-corrected chi connectivity index (χ2v) is 6.95. The number of oxazole rings is 1. The highest BCUT2D eigenvalue weighted by Crippen LogP contribution is 2.27. The van der Waals surface area contributed by atoms with Gasteiger partial charge in [0.1, 0.15) is 5.76 Å². The Bertz CT molecular complexity index is 941. The normalized spacial score (nSPS) is 14.6. The molecule has 0 spiro atoms. The van der Waals surface area contributed by atoms with Gasteiger partial charge in [-0.1, -0.05) is 18.2 Å². The van der Waals surface area contributed by atoms with Crippen LogP contribution in [0.5, 0.6) is 0 Å². The Morgan fingerprint density at radius 2 is 2.00 bits per heavy atom. The SMILES string of the molecule is Cc1ccccc1-c1nc(CN2CCc3c(c(CO)nn3C)C2)c(C)o1. The van der Waals surface area contributed by atoms with Crippen molar-refractivity contribution in [1.29, 1.82) is 0 Å². The highest BCUT2D eigenvalue weighted by molar-refractivity contribution is 5.58. The minimum Gasteiger partial charge on any atom is -0.441 e. The summed E-state index contributed by atoms with van der Waals surface area (Å²) in [6.45, 7) is 6.49. The smallest absolute Gasteiger partial charge is 0.226 e. The van der Waals surface area contributed by atoms with Crippen molar-refractivity contribution in [3.63, 3.8) is 0 Å². The van der Waals surface area contributed by atoms with E-state index in [2.05, 4.69) is 23.0 Å². The zero-order valence-electron chi connectivity index (χ0n) is 15.5. The molecule has 0 saturated heterocycles. The summed E-state index contributed by atoms with van der Waals surface area (Å²) in [6, 6.07) is 8.14. The number of aryl methyl sites for hydroxylation is 3. The van der Waals surface area contributed by atoms with Gasteiger partial charge in [-0.05, 0) is 25.5 Å². The minimum absolute atomic E-state index is 0.0164. The molecular formula is C20H24N4O2. The third kappa shape index (κ3) is 2.95. The van der Waals surface area contributed by atoms with Gasteiger partial charge in [0.05, 0.1) is 18.0 Å². The van der Waals surface area contributed by atoms with E-state index >= 15 is 0 Å². The van der Waals surface area contributed by atoms with E-state index in [4.69, 9.17) is 9.40 Å². The van der Waals surface area contributed by atoms with Crippen LogP contribution in [-0.4, -0.2) is 31.3 Å². The van der Waals surface area contributed by atoms with Gasteiger partial charge < -0.3 is 9.52 Å². The molecular weight excluding hydrogens is 328 g/mol. The van der Waals surface area contributed by atoms with Crippen molar-refractivity contribution in [1.82, 2.24) is 19.7 Å². The maximum atomic E-state index is 9.56. The van der Waals surface area contributed by atoms with Crippen LogP contribution in [-0.2, 0) is 33.2 Å². The van der Waals surface area contributed by atoms with Crippen molar-refractivity contribution in [2.75, 3.05) is 6.54 Å². The fourth-order valence-corrected chi connectivity index (χ4v) is 3.70. The summed E-state index contributed by atoms with van der Waals surface area (Å²) in [6.07, 6.45) is 0.931. The molecule has 0 bridgehead atoms. The van der Waals surface area contributed by atoms with Crippen LogP contribution >= 0.6 is 0 Å². The summed E-state index contributed by atoms with van der Waals surface area (Å²) >= 11 is 0. The lowest BCUT2D eigenvalue weighted by Gasteiger charge is -2.26. The van der Waals surface area contributed by atoms with Crippen molar-refractivity contribution >= 4 is 0 Å². The predicted octanol–water partition coefficient (Wildman–Crippen LogP) is 2.74. The molecule has 0 atom stereocenters. The zero-order chi connectivity index (χ0) is 18.3. The lowest BCUT2D eigenvalue weighted by Crippen LogP contribution is -2.31. The summed E-state index contributed by atoms with van der Waals surface area (Å²) in [5.74, 6) is 1.55. The summed E-state index contributed by atoms with van der Waals surface area (Å²) in [5, 5.41) is 14.0. The average molecular weight is 352 g/mol. The van der Waals surface area contributed by atoms with Crippen molar-refractivity contribution < 1.29 is 9.52 Å². The number of aliphatic hydroxyl groups is 1. The van der Waals surface area contributed by atoms with Crippen LogP contribution in [0.25, 0.3) is 11.5 Å². The molecule has 1 aliphatic heterocycles. The Morgan fingerprint density at radius 1 is 1.19 bits per heavy atom. The van der Waals surface area contributed by atoms with E-state index in [-0.39, 0.29) is 6.61 Å². The second kappa shape index (κ2) is 6.70. The molecule has 0 radical (unpaired) electrons. The molecule has 6 nitrogen and oxygen atoms in total. The quantitative estimate of drug-likeness (QED) is 0.782. The molecule has 0 fully saturated rings. The average Bonchev–Trinajstić information content (AvgIpc) is 3.15. The predicted molar refractivity (Wildman–Crippen MR) is 98.4 cm³/mol. The van der Waals surface area contributed by atoms with Crippen LogP contribution in [0.15, 0.2) is 28.7 Å². The third-order valence-corrected chi connectivity index (χ3v) is 5.20. The standard InChI is InChI=1S/C20H24N4O2/c1-13-6-4-5-7-15(13)20-21-17(14(2)26-20)11-24-9-8-19-16(10-24)18(12-25)22-23(19)3/h4-7,25H,8-12H2,1-3H3. The largest absolute Gasteiger partial charge is 0.441 e. The summed E-state index contributed by atoms with van der Waals surface area (Å²) in [4.78, 5) is 7.10. The monoisotopic (exact) mass is 352 g/mol. The zero-order valence-corrected chi connectivity index (χ0v) is 15.5. The molecule has 3 aromatic rings. The first-order valence-corrected chi connectivity index (χ1v) is 8.96. The molecule has 2 aromatic heterocycles. The number of hydrogen-bond donors (Lipinski definition) is 1. The van der Waals surface area contributed by atoms with Crippen LogP contribution in [0.3, 0.4) is 0 Å². The number of benzene rings is 1. The van der Waals surface area contributed by atoms with Gasteiger partial charge in [0, 0.05) is 49.9 Å². The first kappa shape index (κ1) is 17.0. The van der Waals surface area contributed by atoms with Crippen molar-refractivity contribution in [3.8, 4) is 11.5 Å². The fourth-order valence-electron chi connectivity index (χ4n) is 3.70. The number of rotatable bonds is 4. The number of nitrogens with zero attached hydrogens (tertiary/aromatic N) is 4. The molecule has 136 valence electrons. The molecule has 3 heterocycles. The number of hydrogen-bond acceptors (Lipinski definition) is 5. The van der Waals surface area contributed by atoms with Crippen LogP contribution in [0, 0.1) is 13.8 Å². The molecule has 0 unspecified atom stereocenters. The van der Waals surface area contributed by atoms with Crippen LogP contribution < -0.4 is 0 Å². The van der Waals surface area contributed by atoms with E-state index in [1.54, 1.807) is 0 Å². The topological polar surface area (TPSA) is 67.3 Å². The lowest BCUT2D eigenvalue weighted by molar-refractivity contribution is 0.233. The van der Waals surface area contributed by atoms with Crippen LogP contribution in [0.4, 0.5) is 0 Å². The number of aliphatic hydroxyl groups excluding tert-OH is 1. The Labute approximate surface area is 153 Å². The summed E-state index contributed by atoms with van der Waals surface area (Å²) < 4.78 is 7.85. The van der Waals surface area contributed by atoms with E-state index in [0.717, 1.165) is 59.9 Å². The minimum atomic E-state index is -0.0164. The van der Waals surface area contributed by atoms with Gasteiger partial charge in [-0.2, -0.15) is 5.10 Å². The van der Waals surface area contributed by atoms with Gasteiger partial charge in [0.25, 0.3) is 0 Å². The van der Waals surface area contributed by atoms with E-state index in [1.807, 2.05) is 36.9 Å². The maximum Gasteiger partial charge on any atom is 0.226 e. The van der Waals surface area contributed by atoms with E-state index in [9.17, 15) is 5.11 Å². The van der Waals surface area contributed by atoms with Gasteiger partial charge in [-0.15, -0.1) is 0 Å². The highest BCUT2D eigenvalue weighted by Gasteiger charge is 2.25. The summed E-state index contributed by atoms with van der Waals surface area (Å²) in [7, 11) is 1.95. The van der Waals surface area contributed by atoms with Gasteiger partial charge in [0.2, 0.25) is 5.89 Å². The van der Waals surface area contributed by atoms with Crippen molar-refractivity contribution in [3.05, 3.63) is 58.2 Å². The van der Waals surface area contributed by atoms with Crippen molar-refractivity contribution in [2.24, 2.45) is 7.05 Å². The first-order chi connectivity index (χ1) is 12.6. The number of aromatic nitrogens is 3. The Balaban J connectivity index is 1.56. The second-order valence-electron chi connectivity index (χ2n) is 6.95. The third-order valence-electron chi connectivity index (χ3n) is 5.20. The Hall–Kier alpha value is -2.44. The van der Waals surface area contributed by atoms with Gasteiger partial charge in [-0.3, -0.25) is 9.58 Å². The van der Waals surface area contributed by atoms with E-state index in [0.29, 0.717) is 5.89 Å². The van der Waals surface area contributed by atoms with Gasteiger partial charge in [-0.25, -0.2) is 4.98 Å². The highest BCUT2D eigenvalue weighted by atomic mass is 16.4. The molecule has 1 aliphatic rings. The maximum absolute atomic E-state index is 9.56. The van der Waals surface area contributed by atoms with Gasteiger partial charge >= 0.3 is 0 Å². The number of fused-ring (bicyclic) bond motifs is 1. The Morgan fingerprint density at radius 3 is 2.77 bits per heavy atom. The molecule has 4 rings (SSSR count). The fraction of sp³-hybridized carbons (Fsp3) is 0.400. The van der Waals surface area contributed by atoms with Crippen LogP contribution in [0.2, 0.25) is 0 Å². The molecule has 26 heavy (non-hydrogen) atoms. The van der Waals surface area contributed by atoms with Crippen molar-refractivity contribution in [2.45, 2.75) is 40.0 Å². The molecule has 1 aromatic carbocycles. The molecule has 0 saturated carbocycles. The van der Waals surface area contributed by atoms with E-state index in [1.165, 1.54) is 5.69 Å². The molecule has 6 heteroatoms.